The maximum Gasteiger partial charge on any atom is 0.340 e. The number of benzene rings is 1. The van der Waals surface area contributed by atoms with Crippen LogP contribution in [0.2, 0.25) is 0 Å². The molecular weight excluding hydrogens is 220 g/mol. The largest absolute Gasteiger partial charge is 0.447 e. The summed E-state index contributed by atoms with van der Waals surface area (Å²) in [5.41, 5.74) is 0.716. The second-order valence-electron chi connectivity index (χ2n) is 3.94. The van der Waals surface area contributed by atoms with E-state index in [4.69, 9.17) is 4.74 Å². The third-order valence-corrected chi connectivity index (χ3v) is 3.85. The molecule has 0 spiro atoms. The van der Waals surface area contributed by atoms with Gasteiger partial charge in [0.2, 0.25) is 0 Å². The van der Waals surface area contributed by atoms with Gasteiger partial charge in [-0.05, 0) is 25.0 Å². The standard InChI is InChI=1S/C13H16O2S/c1-2-3-4-9-12-15-13(14)10-7-5-6-8-11(10)16-12/h5-8,12H,2-4,9H2,1H3. The zero-order valence-corrected chi connectivity index (χ0v) is 10.3. The monoisotopic (exact) mass is 236 g/mol. The van der Waals surface area contributed by atoms with Crippen molar-refractivity contribution in [2.24, 2.45) is 0 Å². The van der Waals surface area contributed by atoms with E-state index < -0.39 is 0 Å². The highest BCUT2D eigenvalue weighted by Crippen LogP contribution is 2.35. The van der Waals surface area contributed by atoms with E-state index in [-0.39, 0.29) is 11.4 Å². The van der Waals surface area contributed by atoms with Gasteiger partial charge in [-0.3, -0.25) is 0 Å². The minimum atomic E-state index is -0.171. The van der Waals surface area contributed by atoms with Crippen LogP contribution in [-0.2, 0) is 4.74 Å². The van der Waals surface area contributed by atoms with Gasteiger partial charge >= 0.3 is 5.97 Å². The minimum absolute atomic E-state index is 0.00829. The van der Waals surface area contributed by atoms with Gasteiger partial charge < -0.3 is 4.74 Å². The molecule has 0 aliphatic carbocycles. The molecule has 2 nitrogen and oxygen atoms in total. The molecule has 0 radical (unpaired) electrons. The molecular formula is C13H16O2S. The van der Waals surface area contributed by atoms with Crippen LogP contribution in [0.1, 0.15) is 43.0 Å². The molecule has 2 rings (SSSR count). The average Bonchev–Trinajstić information content (AvgIpc) is 2.30. The van der Waals surface area contributed by atoms with Gasteiger partial charge in [0.25, 0.3) is 0 Å². The van der Waals surface area contributed by atoms with Crippen molar-refractivity contribution >= 4 is 17.7 Å². The highest BCUT2D eigenvalue weighted by atomic mass is 32.2. The lowest BCUT2D eigenvalue weighted by Gasteiger charge is -2.23. The molecule has 0 saturated heterocycles. The summed E-state index contributed by atoms with van der Waals surface area (Å²) in [4.78, 5) is 12.7. The first-order chi connectivity index (χ1) is 7.81. The van der Waals surface area contributed by atoms with Crippen LogP contribution in [0.5, 0.6) is 0 Å². The quantitative estimate of drug-likeness (QED) is 0.586. The minimum Gasteiger partial charge on any atom is -0.447 e. The molecule has 0 bridgehead atoms. The Hall–Kier alpha value is -0.960. The first kappa shape index (κ1) is 11.5. The van der Waals surface area contributed by atoms with Crippen molar-refractivity contribution in [1.82, 2.24) is 0 Å². The molecule has 16 heavy (non-hydrogen) atoms. The maximum atomic E-state index is 11.7. The predicted octanol–water partition coefficient (Wildman–Crippen LogP) is 3.86. The fourth-order valence-corrected chi connectivity index (χ4v) is 2.90. The van der Waals surface area contributed by atoms with E-state index in [1.807, 2.05) is 24.3 Å². The van der Waals surface area contributed by atoms with Crippen molar-refractivity contribution in [2.75, 3.05) is 0 Å². The second-order valence-corrected chi connectivity index (χ2v) is 5.15. The molecule has 1 aromatic carbocycles. The molecule has 1 atom stereocenters. The van der Waals surface area contributed by atoms with E-state index in [0.29, 0.717) is 5.56 Å². The van der Waals surface area contributed by atoms with Crippen LogP contribution < -0.4 is 0 Å². The number of carbonyl (C=O) groups excluding carboxylic acids is 1. The molecule has 0 aromatic heterocycles. The first-order valence-electron chi connectivity index (χ1n) is 5.78. The Labute approximate surface area is 100 Å². The maximum absolute atomic E-state index is 11.7. The van der Waals surface area contributed by atoms with Crippen molar-refractivity contribution < 1.29 is 9.53 Å². The van der Waals surface area contributed by atoms with Crippen LogP contribution in [0.25, 0.3) is 0 Å². The van der Waals surface area contributed by atoms with Gasteiger partial charge in [-0.2, -0.15) is 0 Å². The molecule has 0 saturated carbocycles. The number of thioether (sulfide) groups is 1. The SMILES string of the molecule is CCCCCC1OC(=O)c2ccccc2S1. The smallest absolute Gasteiger partial charge is 0.340 e. The fraction of sp³-hybridized carbons (Fsp3) is 0.462. The van der Waals surface area contributed by atoms with Crippen LogP contribution in [0, 0.1) is 0 Å². The molecule has 1 heterocycles. The number of rotatable bonds is 4. The first-order valence-corrected chi connectivity index (χ1v) is 6.66. The Bertz CT molecular complexity index is 376. The average molecular weight is 236 g/mol. The van der Waals surface area contributed by atoms with Crippen LogP contribution in [0.15, 0.2) is 29.2 Å². The van der Waals surface area contributed by atoms with Gasteiger partial charge in [-0.1, -0.05) is 43.7 Å². The number of ether oxygens (including phenoxy) is 1. The van der Waals surface area contributed by atoms with E-state index >= 15 is 0 Å². The predicted molar refractivity (Wildman–Crippen MR) is 65.6 cm³/mol. The molecule has 1 unspecified atom stereocenters. The summed E-state index contributed by atoms with van der Waals surface area (Å²) in [6, 6.07) is 7.66. The molecule has 0 amide bonds. The number of fused-ring (bicyclic) bond motifs is 1. The zero-order valence-electron chi connectivity index (χ0n) is 9.44. The molecule has 0 N–H and O–H groups in total. The number of cyclic esters (lactones) is 1. The topological polar surface area (TPSA) is 26.3 Å². The van der Waals surface area contributed by atoms with Crippen LogP contribution in [-0.4, -0.2) is 11.4 Å². The van der Waals surface area contributed by atoms with Gasteiger partial charge in [0.05, 0.1) is 5.56 Å². The van der Waals surface area contributed by atoms with E-state index in [1.54, 1.807) is 11.8 Å². The normalized spacial score (nSPS) is 19.1. The zero-order chi connectivity index (χ0) is 11.4. The van der Waals surface area contributed by atoms with Gasteiger partial charge in [-0.15, -0.1) is 0 Å². The van der Waals surface area contributed by atoms with Gasteiger partial charge in [0.15, 0.2) is 5.44 Å². The van der Waals surface area contributed by atoms with Crippen LogP contribution in [0.3, 0.4) is 0 Å². The van der Waals surface area contributed by atoms with Crippen molar-refractivity contribution in [3.8, 4) is 0 Å². The highest BCUT2D eigenvalue weighted by Gasteiger charge is 2.25. The third kappa shape index (κ3) is 2.59. The Balaban J connectivity index is 2.01. The number of hydrogen-bond donors (Lipinski definition) is 0. The van der Waals surface area contributed by atoms with Gasteiger partial charge in [-0.25, -0.2) is 4.79 Å². The van der Waals surface area contributed by atoms with E-state index in [9.17, 15) is 4.79 Å². The summed E-state index contributed by atoms with van der Waals surface area (Å²) in [6.07, 6.45) is 4.49. The van der Waals surface area contributed by atoms with E-state index in [2.05, 4.69) is 6.92 Å². The van der Waals surface area contributed by atoms with Crippen LogP contribution in [0.4, 0.5) is 0 Å². The van der Waals surface area contributed by atoms with Crippen molar-refractivity contribution in [2.45, 2.75) is 42.9 Å². The molecule has 0 fully saturated rings. The van der Waals surface area contributed by atoms with Crippen molar-refractivity contribution in [1.29, 1.82) is 0 Å². The second kappa shape index (κ2) is 5.39. The summed E-state index contributed by atoms with van der Waals surface area (Å²) < 4.78 is 5.38. The van der Waals surface area contributed by atoms with Gasteiger partial charge in [0, 0.05) is 4.90 Å². The third-order valence-electron chi connectivity index (χ3n) is 2.65. The lowest BCUT2D eigenvalue weighted by molar-refractivity contribution is 0.0427. The van der Waals surface area contributed by atoms with E-state index in [1.165, 1.54) is 12.8 Å². The highest BCUT2D eigenvalue weighted by molar-refractivity contribution is 8.00. The lowest BCUT2D eigenvalue weighted by atomic mass is 10.2. The summed E-state index contributed by atoms with van der Waals surface area (Å²) in [5, 5.41) is 0. The number of unbranched alkanes of at least 4 members (excludes halogenated alkanes) is 2. The van der Waals surface area contributed by atoms with E-state index in [0.717, 1.165) is 17.7 Å². The molecule has 1 aromatic rings. The molecule has 1 aliphatic rings. The lowest BCUT2D eigenvalue weighted by Crippen LogP contribution is -2.20. The fourth-order valence-electron chi connectivity index (χ4n) is 1.77. The Morgan fingerprint density at radius 1 is 1.31 bits per heavy atom. The Morgan fingerprint density at radius 3 is 2.94 bits per heavy atom. The van der Waals surface area contributed by atoms with Crippen molar-refractivity contribution in [3.05, 3.63) is 29.8 Å². The Kier molecular flexibility index (Phi) is 3.88. The Morgan fingerprint density at radius 2 is 2.12 bits per heavy atom. The van der Waals surface area contributed by atoms with Crippen LogP contribution >= 0.6 is 11.8 Å². The summed E-state index contributed by atoms with van der Waals surface area (Å²) in [6.45, 7) is 2.18. The summed E-state index contributed by atoms with van der Waals surface area (Å²) >= 11 is 1.67. The summed E-state index contributed by atoms with van der Waals surface area (Å²) in [5.74, 6) is -0.171. The summed E-state index contributed by atoms with van der Waals surface area (Å²) in [7, 11) is 0. The molecule has 86 valence electrons. The molecule has 3 heteroatoms. The number of esters is 1. The molecule has 1 aliphatic heterocycles. The number of hydrogen-bond acceptors (Lipinski definition) is 3. The van der Waals surface area contributed by atoms with Crippen molar-refractivity contribution in [3.63, 3.8) is 0 Å². The number of carbonyl (C=O) groups is 1. The van der Waals surface area contributed by atoms with Gasteiger partial charge in [0.1, 0.15) is 0 Å².